The van der Waals surface area contributed by atoms with E-state index in [0.29, 0.717) is 64.5 Å². The number of halogens is 1. The van der Waals surface area contributed by atoms with Gasteiger partial charge in [0, 0.05) is 47.8 Å². The van der Waals surface area contributed by atoms with Gasteiger partial charge >= 0.3 is 0 Å². The summed E-state index contributed by atoms with van der Waals surface area (Å²) in [6, 6.07) is 20.9. The fraction of sp³-hybridized carbons (Fsp3) is 0.281. The van der Waals surface area contributed by atoms with Crippen LogP contribution < -0.4 is 16.5 Å². The standard InChI is InChI=1S/C32H34ClN3O4/c1-20(2)29(36(17-7-16-34)32(39)23-10-13-25(14-11-23)35-21(3)37)31-27(18-22-8-5-4-6-9-22)30(38)26-15-12-24(33)19-28(26)40-31/h4-6,8-15,19-20,29H,7,16-18,34H2,1-3H3,(H,35,37). The first-order chi connectivity index (χ1) is 19.2. The summed E-state index contributed by atoms with van der Waals surface area (Å²) in [5.41, 5.74) is 8.62. The number of benzene rings is 3. The molecule has 1 heterocycles. The lowest BCUT2D eigenvalue weighted by molar-refractivity contribution is -0.114. The second kappa shape index (κ2) is 12.9. The molecule has 1 unspecified atom stereocenters. The summed E-state index contributed by atoms with van der Waals surface area (Å²) in [4.78, 5) is 41.2. The number of carbonyl (C=O) groups excluding carboxylic acids is 2. The molecule has 40 heavy (non-hydrogen) atoms. The number of fused-ring (bicyclic) bond motifs is 1. The van der Waals surface area contributed by atoms with Crippen LogP contribution in [0, 0.1) is 5.92 Å². The Morgan fingerprint density at radius 1 is 1.02 bits per heavy atom. The molecule has 1 aromatic heterocycles. The van der Waals surface area contributed by atoms with Crippen LogP contribution >= 0.6 is 11.6 Å². The molecule has 0 aliphatic carbocycles. The molecule has 0 bridgehead atoms. The van der Waals surface area contributed by atoms with Crippen LogP contribution in [0.15, 0.2) is 82.0 Å². The van der Waals surface area contributed by atoms with Crippen LogP contribution in [0.1, 0.15) is 60.5 Å². The number of carbonyl (C=O) groups is 2. The van der Waals surface area contributed by atoms with E-state index in [9.17, 15) is 14.4 Å². The highest BCUT2D eigenvalue weighted by molar-refractivity contribution is 6.31. The second-order valence-electron chi connectivity index (χ2n) is 10.2. The third-order valence-electron chi connectivity index (χ3n) is 6.76. The molecule has 4 rings (SSSR count). The number of hydrogen-bond acceptors (Lipinski definition) is 5. The Morgan fingerprint density at radius 3 is 2.35 bits per heavy atom. The SMILES string of the molecule is CC(=O)Nc1ccc(C(=O)N(CCCN)C(c2oc3cc(Cl)ccc3c(=O)c2Cc2ccccc2)C(C)C)cc1. The zero-order valence-corrected chi connectivity index (χ0v) is 23.7. The topological polar surface area (TPSA) is 106 Å². The molecule has 7 nitrogen and oxygen atoms in total. The molecule has 0 aliphatic heterocycles. The Labute approximate surface area is 238 Å². The maximum absolute atomic E-state index is 14.0. The molecule has 0 aliphatic rings. The minimum absolute atomic E-state index is 0.102. The number of rotatable bonds is 10. The Bertz CT molecular complexity index is 1550. The molecule has 0 radical (unpaired) electrons. The number of nitrogens with two attached hydrogens (primary N) is 1. The van der Waals surface area contributed by atoms with E-state index < -0.39 is 6.04 Å². The minimum Gasteiger partial charge on any atom is -0.458 e. The Balaban J connectivity index is 1.87. The van der Waals surface area contributed by atoms with Crippen LogP contribution in [0.3, 0.4) is 0 Å². The summed E-state index contributed by atoms with van der Waals surface area (Å²) < 4.78 is 6.50. The molecule has 0 fully saturated rings. The zero-order valence-electron chi connectivity index (χ0n) is 22.9. The summed E-state index contributed by atoms with van der Waals surface area (Å²) in [6.45, 7) is 6.19. The molecule has 3 aromatic carbocycles. The second-order valence-corrected chi connectivity index (χ2v) is 10.6. The number of hydrogen-bond donors (Lipinski definition) is 2. The van der Waals surface area contributed by atoms with Crippen LogP contribution in [0.25, 0.3) is 11.0 Å². The van der Waals surface area contributed by atoms with Crippen molar-refractivity contribution < 1.29 is 14.0 Å². The van der Waals surface area contributed by atoms with E-state index in [1.165, 1.54) is 6.92 Å². The minimum atomic E-state index is -0.552. The van der Waals surface area contributed by atoms with Gasteiger partial charge in [0.25, 0.3) is 5.91 Å². The molecule has 0 saturated carbocycles. The number of amides is 2. The number of nitrogens with zero attached hydrogens (tertiary/aromatic N) is 1. The lowest BCUT2D eigenvalue weighted by Crippen LogP contribution is -2.40. The molecule has 2 amide bonds. The highest BCUT2D eigenvalue weighted by atomic mass is 35.5. The van der Waals surface area contributed by atoms with Gasteiger partial charge in [-0.05, 0) is 60.8 Å². The third-order valence-corrected chi connectivity index (χ3v) is 6.99. The first kappa shape index (κ1) is 29.1. The van der Waals surface area contributed by atoms with Gasteiger partial charge in [0.2, 0.25) is 5.91 Å². The molecule has 3 N–H and O–H groups in total. The van der Waals surface area contributed by atoms with Crippen LogP contribution in [-0.2, 0) is 11.2 Å². The smallest absolute Gasteiger partial charge is 0.254 e. The highest BCUT2D eigenvalue weighted by Gasteiger charge is 2.33. The van der Waals surface area contributed by atoms with E-state index in [1.54, 1.807) is 47.4 Å². The van der Waals surface area contributed by atoms with Crippen molar-refractivity contribution in [1.82, 2.24) is 4.90 Å². The highest BCUT2D eigenvalue weighted by Crippen LogP contribution is 2.35. The predicted molar refractivity (Wildman–Crippen MR) is 160 cm³/mol. The quantitative estimate of drug-likeness (QED) is 0.241. The fourth-order valence-electron chi connectivity index (χ4n) is 4.93. The van der Waals surface area contributed by atoms with Gasteiger partial charge < -0.3 is 20.4 Å². The van der Waals surface area contributed by atoms with Crippen molar-refractivity contribution in [1.29, 1.82) is 0 Å². The van der Waals surface area contributed by atoms with Crippen molar-refractivity contribution >= 4 is 40.1 Å². The summed E-state index contributed by atoms with van der Waals surface area (Å²) in [6.07, 6.45) is 0.918. The first-order valence-electron chi connectivity index (χ1n) is 13.4. The van der Waals surface area contributed by atoms with Gasteiger partial charge in [-0.2, -0.15) is 0 Å². The lowest BCUT2D eigenvalue weighted by Gasteiger charge is -2.35. The Hall–Kier alpha value is -3.94. The van der Waals surface area contributed by atoms with Gasteiger partial charge in [-0.25, -0.2) is 0 Å². The van der Waals surface area contributed by atoms with Gasteiger partial charge in [-0.15, -0.1) is 0 Å². The number of nitrogens with one attached hydrogen (secondary N) is 1. The molecule has 208 valence electrons. The van der Waals surface area contributed by atoms with E-state index >= 15 is 0 Å². The van der Waals surface area contributed by atoms with Crippen molar-refractivity contribution in [3.8, 4) is 0 Å². The summed E-state index contributed by atoms with van der Waals surface area (Å²) in [5.74, 6) is -0.0736. The largest absolute Gasteiger partial charge is 0.458 e. The van der Waals surface area contributed by atoms with E-state index in [0.717, 1.165) is 5.56 Å². The summed E-state index contributed by atoms with van der Waals surface area (Å²) in [7, 11) is 0. The molecule has 0 saturated heterocycles. The van der Waals surface area contributed by atoms with Crippen molar-refractivity contribution in [2.24, 2.45) is 11.7 Å². The first-order valence-corrected chi connectivity index (χ1v) is 13.7. The predicted octanol–water partition coefficient (Wildman–Crippen LogP) is 6.18. The fourth-order valence-corrected chi connectivity index (χ4v) is 5.09. The van der Waals surface area contributed by atoms with Gasteiger partial charge in [0.05, 0.1) is 11.4 Å². The van der Waals surface area contributed by atoms with E-state index in [-0.39, 0.29) is 23.2 Å². The van der Waals surface area contributed by atoms with Gasteiger partial charge in [-0.3, -0.25) is 14.4 Å². The monoisotopic (exact) mass is 559 g/mol. The van der Waals surface area contributed by atoms with Crippen molar-refractivity contribution in [3.63, 3.8) is 0 Å². The summed E-state index contributed by atoms with van der Waals surface area (Å²) in [5, 5.41) is 3.61. The maximum Gasteiger partial charge on any atom is 0.254 e. The van der Waals surface area contributed by atoms with Crippen molar-refractivity contribution in [3.05, 3.63) is 110 Å². The van der Waals surface area contributed by atoms with Gasteiger partial charge in [0.15, 0.2) is 5.43 Å². The Kier molecular flexibility index (Phi) is 9.40. The van der Waals surface area contributed by atoms with E-state index in [2.05, 4.69) is 5.32 Å². The van der Waals surface area contributed by atoms with Crippen LogP contribution in [-0.4, -0.2) is 29.8 Å². The normalized spacial score (nSPS) is 11.9. The van der Waals surface area contributed by atoms with Gasteiger partial charge in [0.1, 0.15) is 11.3 Å². The third kappa shape index (κ3) is 6.61. The van der Waals surface area contributed by atoms with E-state index in [1.807, 2.05) is 44.2 Å². The zero-order chi connectivity index (χ0) is 28.8. The maximum atomic E-state index is 14.0. The number of anilines is 1. The molecule has 1 atom stereocenters. The van der Waals surface area contributed by atoms with E-state index in [4.69, 9.17) is 21.8 Å². The van der Waals surface area contributed by atoms with Crippen LogP contribution in [0.5, 0.6) is 0 Å². The Morgan fingerprint density at radius 2 is 1.73 bits per heavy atom. The lowest BCUT2D eigenvalue weighted by atomic mass is 9.91. The van der Waals surface area contributed by atoms with Crippen molar-refractivity contribution in [2.45, 2.75) is 39.7 Å². The molecule has 0 spiro atoms. The van der Waals surface area contributed by atoms with Crippen molar-refractivity contribution in [2.75, 3.05) is 18.4 Å². The molecule has 8 heteroatoms. The summed E-state index contributed by atoms with van der Waals surface area (Å²) >= 11 is 6.27. The van der Waals surface area contributed by atoms with Crippen LogP contribution in [0.4, 0.5) is 5.69 Å². The molecular weight excluding hydrogens is 526 g/mol. The average Bonchev–Trinajstić information content (AvgIpc) is 2.92. The molecule has 4 aromatic rings. The van der Waals surface area contributed by atoms with Gasteiger partial charge in [-0.1, -0.05) is 55.8 Å². The molecular formula is C32H34ClN3O4. The average molecular weight is 560 g/mol. The van der Waals surface area contributed by atoms with Crippen LogP contribution in [0.2, 0.25) is 5.02 Å².